The van der Waals surface area contributed by atoms with Crippen LogP contribution in [0.5, 0.6) is 0 Å². The third kappa shape index (κ3) is 3.55. The first-order valence-electron chi connectivity index (χ1n) is 6.92. The zero-order valence-corrected chi connectivity index (χ0v) is 10.8. The Morgan fingerprint density at radius 3 is 2.22 bits per heavy atom. The van der Waals surface area contributed by atoms with Crippen molar-refractivity contribution >= 4 is 17.5 Å². The predicted octanol–water partition coefficient (Wildman–Crippen LogP) is 1.44. The Labute approximate surface area is 108 Å². The lowest BCUT2D eigenvalue weighted by molar-refractivity contribution is -0.146. The van der Waals surface area contributed by atoms with Crippen LogP contribution in [0.1, 0.15) is 51.4 Å². The van der Waals surface area contributed by atoms with Crippen LogP contribution in [0.2, 0.25) is 0 Å². The number of nitrogens with one attached hydrogen (secondary N) is 1. The number of hydrazone groups is 1. The van der Waals surface area contributed by atoms with Gasteiger partial charge in [0, 0.05) is 18.8 Å². The lowest BCUT2D eigenvalue weighted by atomic mass is 9.99. The van der Waals surface area contributed by atoms with E-state index in [1.165, 1.54) is 6.42 Å². The molecule has 2 fully saturated rings. The Morgan fingerprint density at radius 2 is 1.56 bits per heavy atom. The summed E-state index contributed by atoms with van der Waals surface area (Å²) in [5.41, 5.74) is 3.42. The first kappa shape index (κ1) is 13.1. The van der Waals surface area contributed by atoms with Gasteiger partial charge in [0.25, 0.3) is 0 Å². The van der Waals surface area contributed by atoms with Gasteiger partial charge in [-0.05, 0) is 44.9 Å². The number of piperidine rings is 1. The molecule has 0 aromatic heterocycles. The minimum absolute atomic E-state index is 0.435. The van der Waals surface area contributed by atoms with Crippen molar-refractivity contribution in [2.75, 3.05) is 13.1 Å². The van der Waals surface area contributed by atoms with Crippen molar-refractivity contribution in [2.45, 2.75) is 51.4 Å². The summed E-state index contributed by atoms with van der Waals surface area (Å²) in [4.78, 5) is 25.1. The maximum Gasteiger partial charge on any atom is 0.329 e. The van der Waals surface area contributed by atoms with Crippen molar-refractivity contribution in [3.63, 3.8) is 0 Å². The van der Waals surface area contributed by atoms with Gasteiger partial charge >= 0.3 is 11.8 Å². The minimum atomic E-state index is -0.588. The summed E-state index contributed by atoms with van der Waals surface area (Å²) in [7, 11) is 0. The Hall–Kier alpha value is -1.39. The number of hydrogen-bond acceptors (Lipinski definition) is 3. The van der Waals surface area contributed by atoms with Crippen LogP contribution in [0.15, 0.2) is 5.10 Å². The van der Waals surface area contributed by atoms with Crippen molar-refractivity contribution in [1.82, 2.24) is 10.3 Å². The summed E-state index contributed by atoms with van der Waals surface area (Å²) < 4.78 is 0. The van der Waals surface area contributed by atoms with Gasteiger partial charge in [0.15, 0.2) is 0 Å². The van der Waals surface area contributed by atoms with Crippen LogP contribution in [-0.4, -0.2) is 35.5 Å². The number of carbonyl (C=O) groups is 2. The molecule has 0 unspecified atom stereocenters. The number of amides is 2. The molecule has 0 aromatic rings. The van der Waals surface area contributed by atoms with E-state index in [4.69, 9.17) is 0 Å². The maximum atomic E-state index is 11.8. The fourth-order valence-corrected chi connectivity index (χ4v) is 2.49. The standard InChI is InChI=1S/C13H21N3O2/c17-12(13(18)16-9-5-2-6-10-16)15-14-11-7-3-1-4-8-11/h1-10H2,(H,15,17). The van der Waals surface area contributed by atoms with E-state index in [2.05, 4.69) is 10.5 Å². The van der Waals surface area contributed by atoms with Gasteiger partial charge in [-0.15, -0.1) is 0 Å². The van der Waals surface area contributed by atoms with E-state index in [1.54, 1.807) is 4.90 Å². The molecule has 2 aliphatic rings. The summed E-state index contributed by atoms with van der Waals surface area (Å²) in [6.07, 6.45) is 8.52. The van der Waals surface area contributed by atoms with E-state index < -0.39 is 11.8 Å². The first-order chi connectivity index (χ1) is 8.77. The van der Waals surface area contributed by atoms with Crippen molar-refractivity contribution in [1.29, 1.82) is 0 Å². The quantitative estimate of drug-likeness (QED) is 0.566. The van der Waals surface area contributed by atoms with Gasteiger partial charge < -0.3 is 4.90 Å². The molecule has 100 valence electrons. The van der Waals surface area contributed by atoms with Crippen LogP contribution >= 0.6 is 0 Å². The Balaban J connectivity index is 1.81. The molecule has 5 nitrogen and oxygen atoms in total. The highest BCUT2D eigenvalue weighted by Gasteiger charge is 2.23. The second kappa shape index (κ2) is 6.52. The second-order valence-corrected chi connectivity index (χ2v) is 5.03. The number of likely N-dealkylation sites (tertiary alicyclic amines) is 1. The van der Waals surface area contributed by atoms with Crippen LogP contribution in [-0.2, 0) is 9.59 Å². The van der Waals surface area contributed by atoms with Crippen molar-refractivity contribution < 1.29 is 9.59 Å². The SMILES string of the molecule is O=C(NN=C1CCCCC1)C(=O)N1CCCCC1. The summed E-state index contributed by atoms with van der Waals surface area (Å²) in [5, 5.41) is 4.07. The summed E-state index contributed by atoms with van der Waals surface area (Å²) in [6, 6.07) is 0. The van der Waals surface area contributed by atoms with E-state index >= 15 is 0 Å². The van der Waals surface area contributed by atoms with Crippen molar-refractivity contribution in [3.8, 4) is 0 Å². The summed E-state index contributed by atoms with van der Waals surface area (Å²) in [5.74, 6) is -1.02. The zero-order valence-electron chi connectivity index (χ0n) is 10.8. The average Bonchev–Trinajstić information content (AvgIpc) is 2.46. The van der Waals surface area contributed by atoms with Crippen LogP contribution in [0.4, 0.5) is 0 Å². The molecular formula is C13H21N3O2. The molecule has 0 bridgehead atoms. The number of rotatable bonds is 1. The number of carbonyl (C=O) groups excluding carboxylic acids is 2. The molecule has 1 saturated heterocycles. The third-order valence-electron chi connectivity index (χ3n) is 3.58. The van der Waals surface area contributed by atoms with Gasteiger partial charge in [0.2, 0.25) is 0 Å². The van der Waals surface area contributed by atoms with Gasteiger partial charge in [-0.1, -0.05) is 6.42 Å². The van der Waals surface area contributed by atoms with Crippen molar-refractivity contribution in [2.24, 2.45) is 5.10 Å². The summed E-state index contributed by atoms with van der Waals surface area (Å²) in [6.45, 7) is 1.39. The van der Waals surface area contributed by atoms with Gasteiger partial charge in [-0.25, -0.2) is 5.43 Å². The molecular weight excluding hydrogens is 230 g/mol. The molecule has 0 radical (unpaired) electrons. The van der Waals surface area contributed by atoms with E-state index in [0.717, 1.165) is 50.7 Å². The minimum Gasteiger partial charge on any atom is -0.334 e. The Kier molecular flexibility index (Phi) is 4.73. The van der Waals surface area contributed by atoms with E-state index in [1.807, 2.05) is 0 Å². The normalized spacial score (nSPS) is 20.4. The summed E-state index contributed by atoms with van der Waals surface area (Å²) >= 11 is 0. The number of hydrogen-bond donors (Lipinski definition) is 1. The monoisotopic (exact) mass is 251 g/mol. The third-order valence-corrected chi connectivity index (χ3v) is 3.58. The average molecular weight is 251 g/mol. The molecule has 2 rings (SSSR count). The van der Waals surface area contributed by atoms with Gasteiger partial charge in [-0.3, -0.25) is 9.59 Å². The second-order valence-electron chi connectivity index (χ2n) is 5.03. The molecule has 1 heterocycles. The highest BCUT2D eigenvalue weighted by atomic mass is 16.2. The number of nitrogens with zero attached hydrogens (tertiary/aromatic N) is 2. The molecule has 0 atom stereocenters. The first-order valence-corrected chi connectivity index (χ1v) is 6.92. The van der Waals surface area contributed by atoms with Gasteiger partial charge in [-0.2, -0.15) is 5.10 Å². The largest absolute Gasteiger partial charge is 0.334 e. The Bertz CT molecular complexity index is 338. The Morgan fingerprint density at radius 1 is 0.944 bits per heavy atom. The fraction of sp³-hybridized carbons (Fsp3) is 0.769. The lowest BCUT2D eigenvalue weighted by Gasteiger charge is -2.25. The van der Waals surface area contributed by atoms with E-state index in [0.29, 0.717) is 13.1 Å². The van der Waals surface area contributed by atoms with Gasteiger partial charge in [0.1, 0.15) is 0 Å². The molecule has 1 N–H and O–H groups in total. The maximum absolute atomic E-state index is 11.8. The molecule has 5 heteroatoms. The molecule has 2 amide bonds. The van der Waals surface area contributed by atoms with Crippen LogP contribution in [0.3, 0.4) is 0 Å². The lowest BCUT2D eigenvalue weighted by Crippen LogP contribution is -2.44. The molecule has 0 spiro atoms. The van der Waals surface area contributed by atoms with E-state index in [9.17, 15) is 9.59 Å². The molecule has 0 aromatic carbocycles. The van der Waals surface area contributed by atoms with Crippen LogP contribution in [0.25, 0.3) is 0 Å². The fourth-order valence-electron chi connectivity index (χ4n) is 2.49. The molecule has 18 heavy (non-hydrogen) atoms. The molecule has 1 saturated carbocycles. The van der Waals surface area contributed by atoms with Crippen LogP contribution < -0.4 is 5.43 Å². The van der Waals surface area contributed by atoms with E-state index in [-0.39, 0.29) is 0 Å². The predicted molar refractivity (Wildman–Crippen MR) is 69.1 cm³/mol. The highest BCUT2D eigenvalue weighted by Crippen LogP contribution is 2.14. The smallest absolute Gasteiger partial charge is 0.329 e. The molecule has 1 aliphatic carbocycles. The molecule has 1 aliphatic heterocycles. The van der Waals surface area contributed by atoms with Gasteiger partial charge in [0.05, 0.1) is 0 Å². The van der Waals surface area contributed by atoms with Crippen molar-refractivity contribution in [3.05, 3.63) is 0 Å². The van der Waals surface area contributed by atoms with Crippen LogP contribution in [0, 0.1) is 0 Å². The highest BCUT2D eigenvalue weighted by molar-refractivity contribution is 6.35. The zero-order chi connectivity index (χ0) is 12.8. The topological polar surface area (TPSA) is 61.8 Å².